The molecule has 2 nitrogen and oxygen atoms in total. The van der Waals surface area contributed by atoms with Crippen molar-refractivity contribution in [3.8, 4) is 5.75 Å². The van der Waals surface area contributed by atoms with Crippen molar-refractivity contribution in [2.45, 2.75) is 12.8 Å². The van der Waals surface area contributed by atoms with Gasteiger partial charge in [0.2, 0.25) is 0 Å². The van der Waals surface area contributed by atoms with Crippen molar-refractivity contribution >= 4 is 11.6 Å². The van der Waals surface area contributed by atoms with Gasteiger partial charge in [-0.25, -0.2) is 0 Å². The Morgan fingerprint density at radius 3 is 2.86 bits per heavy atom. The molecule has 14 heavy (non-hydrogen) atoms. The predicted octanol–water partition coefficient (Wildman–Crippen LogP) is 3.26. The molecule has 0 aliphatic heterocycles. The lowest BCUT2D eigenvalue weighted by Gasteiger charge is -2.11. The molecule has 1 aliphatic rings. The van der Waals surface area contributed by atoms with Crippen LogP contribution >= 0.6 is 11.6 Å². The van der Waals surface area contributed by atoms with Crippen LogP contribution in [0.25, 0.3) is 0 Å². The molecule has 72 valence electrons. The van der Waals surface area contributed by atoms with Crippen LogP contribution in [0.2, 0.25) is 0 Å². The van der Waals surface area contributed by atoms with Crippen molar-refractivity contribution in [1.29, 1.82) is 0 Å². The quantitative estimate of drug-likeness (QED) is 0.743. The summed E-state index contributed by atoms with van der Waals surface area (Å²) in [5, 5.41) is 0.681. The Labute approximate surface area is 87.9 Å². The molecule has 0 aromatic carbocycles. The molecule has 1 heterocycles. The third kappa shape index (κ3) is 2.15. The number of halogens is 1. The summed E-state index contributed by atoms with van der Waals surface area (Å²) in [4.78, 5) is 3.96. The normalized spacial score (nSPS) is 15.8. The highest BCUT2D eigenvalue weighted by Crippen LogP contribution is 2.24. The second-order valence-electron chi connectivity index (χ2n) is 2.99. The van der Waals surface area contributed by atoms with E-state index in [2.05, 4.69) is 4.98 Å². The fourth-order valence-corrected chi connectivity index (χ4v) is 1.47. The van der Waals surface area contributed by atoms with Gasteiger partial charge < -0.3 is 4.74 Å². The lowest BCUT2D eigenvalue weighted by molar-refractivity contribution is 0.434. The van der Waals surface area contributed by atoms with E-state index in [1.54, 1.807) is 12.4 Å². The predicted molar refractivity (Wildman–Crippen MR) is 56.1 cm³/mol. The average Bonchev–Trinajstić information content (AvgIpc) is 2.23. The summed E-state index contributed by atoms with van der Waals surface area (Å²) in [6.45, 7) is 0. The number of allylic oxidation sites excluding steroid dienone is 3. The molecule has 0 unspecified atom stereocenters. The Hall–Kier alpha value is -1.28. The Morgan fingerprint density at radius 1 is 1.29 bits per heavy atom. The highest BCUT2D eigenvalue weighted by Gasteiger charge is 2.08. The van der Waals surface area contributed by atoms with Crippen molar-refractivity contribution < 1.29 is 4.74 Å². The van der Waals surface area contributed by atoms with Crippen molar-refractivity contribution in [2.75, 3.05) is 0 Å². The first kappa shape index (κ1) is 9.28. The summed E-state index contributed by atoms with van der Waals surface area (Å²) in [5.41, 5.74) is 0. The number of nitrogens with zero attached hydrogens (tertiary/aromatic N) is 1. The van der Waals surface area contributed by atoms with Crippen LogP contribution in [0.1, 0.15) is 12.8 Å². The number of hydrogen-bond donors (Lipinski definition) is 0. The van der Waals surface area contributed by atoms with Crippen LogP contribution in [0, 0.1) is 0 Å². The minimum Gasteiger partial charge on any atom is -0.455 e. The maximum absolute atomic E-state index is 5.98. The first-order valence-corrected chi connectivity index (χ1v) is 4.88. The highest BCUT2D eigenvalue weighted by atomic mass is 35.5. The standard InChI is InChI=1S/C11H10ClNO/c12-10-5-1-2-6-11(10)14-9-4-3-7-13-8-9/h3-8H,1-2H2. The van der Waals surface area contributed by atoms with Gasteiger partial charge in [-0.05, 0) is 31.1 Å². The van der Waals surface area contributed by atoms with E-state index in [4.69, 9.17) is 16.3 Å². The van der Waals surface area contributed by atoms with Crippen LogP contribution in [-0.2, 0) is 0 Å². The lowest BCUT2D eigenvalue weighted by Crippen LogP contribution is -1.99. The summed E-state index contributed by atoms with van der Waals surface area (Å²) >= 11 is 5.98. The molecule has 0 bridgehead atoms. The molecule has 0 fully saturated rings. The van der Waals surface area contributed by atoms with Gasteiger partial charge in [0.25, 0.3) is 0 Å². The molecule has 0 N–H and O–H groups in total. The first-order chi connectivity index (χ1) is 6.86. The molecule has 0 saturated carbocycles. The van der Waals surface area contributed by atoms with Crippen molar-refractivity contribution in [3.63, 3.8) is 0 Å². The van der Waals surface area contributed by atoms with Gasteiger partial charge >= 0.3 is 0 Å². The molecule has 0 spiro atoms. The third-order valence-corrected chi connectivity index (χ3v) is 2.26. The van der Waals surface area contributed by atoms with Crippen LogP contribution in [0.4, 0.5) is 0 Å². The average molecular weight is 208 g/mol. The molecule has 0 saturated heterocycles. The summed E-state index contributed by atoms with van der Waals surface area (Å²) in [6, 6.07) is 3.68. The molecule has 3 heteroatoms. The largest absolute Gasteiger partial charge is 0.455 e. The van der Waals surface area contributed by atoms with E-state index in [1.807, 2.05) is 24.3 Å². The summed E-state index contributed by atoms with van der Waals surface area (Å²) in [5.74, 6) is 1.44. The van der Waals surface area contributed by atoms with Crippen molar-refractivity contribution in [2.24, 2.45) is 0 Å². The summed E-state index contributed by atoms with van der Waals surface area (Å²) < 4.78 is 5.57. The van der Waals surface area contributed by atoms with E-state index >= 15 is 0 Å². The highest BCUT2D eigenvalue weighted by molar-refractivity contribution is 6.31. The van der Waals surface area contributed by atoms with E-state index in [9.17, 15) is 0 Å². The molecule has 1 aliphatic carbocycles. The SMILES string of the molecule is ClC1=CCCC=C1Oc1cccnc1. The van der Waals surface area contributed by atoms with Gasteiger partial charge in [0.05, 0.1) is 11.2 Å². The zero-order valence-electron chi connectivity index (χ0n) is 7.61. The maximum Gasteiger partial charge on any atom is 0.145 e. The molecule has 0 radical (unpaired) electrons. The minimum absolute atomic E-state index is 0.681. The van der Waals surface area contributed by atoms with Crippen molar-refractivity contribution in [3.05, 3.63) is 47.5 Å². The van der Waals surface area contributed by atoms with Crippen molar-refractivity contribution in [1.82, 2.24) is 4.98 Å². The number of ether oxygens (including phenoxy) is 1. The van der Waals surface area contributed by atoms with E-state index in [0.29, 0.717) is 10.8 Å². The zero-order chi connectivity index (χ0) is 9.80. The van der Waals surface area contributed by atoms with E-state index in [1.165, 1.54) is 0 Å². The molecule has 1 aromatic heterocycles. The topological polar surface area (TPSA) is 22.1 Å². The molecular weight excluding hydrogens is 198 g/mol. The zero-order valence-corrected chi connectivity index (χ0v) is 8.37. The Balaban J connectivity index is 2.12. The first-order valence-electron chi connectivity index (χ1n) is 4.50. The molecule has 2 rings (SSSR count). The van der Waals surface area contributed by atoms with Crippen LogP contribution in [-0.4, -0.2) is 4.98 Å². The molecular formula is C11H10ClNO. The fraction of sp³-hybridized carbons (Fsp3) is 0.182. The lowest BCUT2D eigenvalue weighted by atomic mass is 10.2. The van der Waals surface area contributed by atoms with Crippen LogP contribution in [0.5, 0.6) is 5.75 Å². The van der Waals surface area contributed by atoms with Gasteiger partial charge in [-0.3, -0.25) is 4.98 Å². The second kappa shape index (κ2) is 4.29. The Morgan fingerprint density at radius 2 is 2.14 bits per heavy atom. The molecule has 0 amide bonds. The number of aromatic nitrogens is 1. The van der Waals surface area contributed by atoms with Crippen LogP contribution in [0.3, 0.4) is 0 Å². The fourth-order valence-electron chi connectivity index (χ4n) is 1.25. The van der Waals surface area contributed by atoms with Gasteiger partial charge in [-0.1, -0.05) is 17.7 Å². The van der Waals surface area contributed by atoms with Gasteiger partial charge in [-0.2, -0.15) is 0 Å². The second-order valence-corrected chi connectivity index (χ2v) is 3.40. The molecule has 1 aromatic rings. The van der Waals surface area contributed by atoms with Crippen LogP contribution in [0.15, 0.2) is 47.5 Å². The number of rotatable bonds is 2. The van der Waals surface area contributed by atoms with Gasteiger partial charge in [0.1, 0.15) is 11.5 Å². The monoisotopic (exact) mass is 207 g/mol. The Bertz CT molecular complexity index is 370. The summed E-state index contributed by atoms with van der Waals surface area (Å²) in [6.07, 6.45) is 9.30. The Kier molecular flexibility index (Phi) is 2.84. The molecule has 0 atom stereocenters. The van der Waals surface area contributed by atoms with E-state index < -0.39 is 0 Å². The van der Waals surface area contributed by atoms with Gasteiger partial charge in [0.15, 0.2) is 0 Å². The van der Waals surface area contributed by atoms with Gasteiger partial charge in [-0.15, -0.1) is 0 Å². The summed E-state index contributed by atoms with van der Waals surface area (Å²) in [7, 11) is 0. The maximum atomic E-state index is 5.98. The van der Waals surface area contributed by atoms with Crippen LogP contribution < -0.4 is 4.74 Å². The number of hydrogen-bond acceptors (Lipinski definition) is 2. The number of pyridine rings is 1. The minimum atomic E-state index is 0.681. The third-order valence-electron chi connectivity index (χ3n) is 1.92. The van der Waals surface area contributed by atoms with E-state index in [0.717, 1.165) is 18.6 Å². The van der Waals surface area contributed by atoms with E-state index in [-0.39, 0.29) is 0 Å². The van der Waals surface area contributed by atoms with Gasteiger partial charge in [0, 0.05) is 6.20 Å². The smallest absolute Gasteiger partial charge is 0.145 e.